The Morgan fingerprint density at radius 1 is 1.18 bits per heavy atom. The van der Waals surface area contributed by atoms with Gasteiger partial charge in [-0.25, -0.2) is 4.79 Å². The highest BCUT2D eigenvalue weighted by atomic mass is 32.2. The van der Waals surface area contributed by atoms with Crippen LogP contribution in [0.5, 0.6) is 0 Å². The lowest BCUT2D eigenvalue weighted by Gasteiger charge is -2.15. The molecule has 1 N–H and O–H groups in total. The van der Waals surface area contributed by atoms with Crippen molar-refractivity contribution in [2.45, 2.75) is 43.1 Å². The van der Waals surface area contributed by atoms with Crippen molar-refractivity contribution in [3.63, 3.8) is 0 Å². The minimum atomic E-state index is -0.512. The van der Waals surface area contributed by atoms with Crippen LogP contribution >= 0.6 is 34.4 Å². The predicted molar refractivity (Wildman–Crippen MR) is 136 cm³/mol. The van der Waals surface area contributed by atoms with Crippen LogP contribution in [-0.4, -0.2) is 23.7 Å². The molecule has 2 heterocycles. The third-order valence-corrected chi connectivity index (χ3v) is 9.37. The van der Waals surface area contributed by atoms with Crippen LogP contribution in [0.4, 0.5) is 5.00 Å². The number of thioether (sulfide) groups is 1. The van der Waals surface area contributed by atoms with Crippen LogP contribution in [0, 0.1) is 29.6 Å². The van der Waals surface area contributed by atoms with Crippen molar-refractivity contribution in [2.75, 3.05) is 11.9 Å². The molecule has 1 aliphatic carbocycles. The second-order valence-electron chi connectivity index (χ2n) is 7.68. The summed E-state index contributed by atoms with van der Waals surface area (Å²) in [6.07, 6.45) is 1.70. The summed E-state index contributed by atoms with van der Waals surface area (Å²) in [4.78, 5) is 26.6. The SMILES string of the molecule is CCOC(=O)c1sc(NC(=O)C(C)Sc2sc3c(c2C#N)CCc2ccccc2-3)c(C#N)c1C. The fraction of sp³-hybridized carbons (Fsp3) is 0.280. The number of nitrogens with one attached hydrogen (secondary N) is 1. The van der Waals surface area contributed by atoms with Gasteiger partial charge in [0, 0.05) is 4.88 Å². The average molecular weight is 508 g/mol. The number of esters is 1. The number of nitriles is 2. The number of ether oxygens (including phenoxy) is 1. The molecule has 1 aromatic carbocycles. The summed E-state index contributed by atoms with van der Waals surface area (Å²) in [6.45, 7) is 5.38. The molecular weight excluding hydrogens is 486 g/mol. The second kappa shape index (κ2) is 10.0. The number of aryl methyl sites for hydroxylation is 1. The highest BCUT2D eigenvalue weighted by molar-refractivity contribution is 8.02. The molecule has 0 aliphatic heterocycles. The van der Waals surface area contributed by atoms with E-state index in [1.807, 2.05) is 12.1 Å². The molecule has 0 saturated heterocycles. The minimum absolute atomic E-state index is 0.226. The number of rotatable bonds is 6. The molecule has 2 aromatic heterocycles. The van der Waals surface area contributed by atoms with Crippen LogP contribution in [0.3, 0.4) is 0 Å². The first kappa shape index (κ1) is 24.0. The quantitative estimate of drug-likeness (QED) is 0.328. The van der Waals surface area contributed by atoms with Gasteiger partial charge in [0.1, 0.15) is 22.0 Å². The van der Waals surface area contributed by atoms with Gasteiger partial charge in [0.25, 0.3) is 0 Å². The van der Waals surface area contributed by atoms with Crippen molar-refractivity contribution in [2.24, 2.45) is 0 Å². The number of carbonyl (C=O) groups excluding carboxylic acids is 2. The van der Waals surface area contributed by atoms with Gasteiger partial charge in [0.15, 0.2) is 0 Å². The zero-order chi connectivity index (χ0) is 24.4. The predicted octanol–water partition coefficient (Wildman–Crippen LogP) is 5.92. The molecular formula is C25H21N3O3S3. The number of carbonyl (C=O) groups is 2. The molecule has 1 atom stereocenters. The number of hydrogen-bond acceptors (Lipinski definition) is 8. The van der Waals surface area contributed by atoms with Gasteiger partial charge in [-0.05, 0) is 55.9 Å². The lowest BCUT2D eigenvalue weighted by molar-refractivity contribution is -0.115. The van der Waals surface area contributed by atoms with Crippen molar-refractivity contribution in [1.29, 1.82) is 10.5 Å². The van der Waals surface area contributed by atoms with Crippen LogP contribution in [0.1, 0.15) is 51.3 Å². The van der Waals surface area contributed by atoms with E-state index in [1.54, 1.807) is 32.1 Å². The first-order valence-electron chi connectivity index (χ1n) is 10.7. The van der Waals surface area contributed by atoms with Crippen LogP contribution in [-0.2, 0) is 22.4 Å². The zero-order valence-electron chi connectivity index (χ0n) is 18.9. The van der Waals surface area contributed by atoms with E-state index < -0.39 is 11.2 Å². The third kappa shape index (κ3) is 4.35. The molecule has 172 valence electrons. The van der Waals surface area contributed by atoms with Crippen molar-refractivity contribution in [3.8, 4) is 22.6 Å². The molecule has 1 unspecified atom stereocenters. The van der Waals surface area contributed by atoms with Gasteiger partial charge in [-0.1, -0.05) is 24.3 Å². The average Bonchev–Trinajstić information content (AvgIpc) is 3.35. The maximum atomic E-state index is 13.0. The largest absolute Gasteiger partial charge is 0.462 e. The molecule has 0 radical (unpaired) electrons. The molecule has 34 heavy (non-hydrogen) atoms. The standard InChI is InChI=1S/C25H21N3O3S3/c1-4-31-24(30)20-13(2)18(11-26)23(33-20)28-22(29)14(3)32-25-19(12-27)17-10-9-15-7-5-6-8-16(15)21(17)34-25/h5-8,14H,4,9-10H2,1-3H3,(H,28,29). The van der Waals surface area contributed by atoms with Crippen molar-refractivity contribution in [3.05, 3.63) is 57.0 Å². The van der Waals surface area contributed by atoms with Gasteiger partial charge in [0.2, 0.25) is 5.91 Å². The topological polar surface area (TPSA) is 103 Å². The summed E-state index contributed by atoms with van der Waals surface area (Å²) < 4.78 is 5.88. The number of thiophene rings is 2. The number of fused-ring (bicyclic) bond motifs is 3. The Hall–Kier alpha value is -3.11. The lowest BCUT2D eigenvalue weighted by Crippen LogP contribution is -2.22. The Balaban J connectivity index is 1.57. The summed E-state index contributed by atoms with van der Waals surface area (Å²) >= 11 is 3.94. The molecule has 0 spiro atoms. The molecule has 0 bridgehead atoms. The van der Waals surface area contributed by atoms with E-state index in [0.717, 1.165) is 44.4 Å². The molecule has 3 aromatic rings. The van der Waals surface area contributed by atoms with Gasteiger partial charge in [-0.15, -0.1) is 34.4 Å². The number of nitrogens with zero attached hydrogens (tertiary/aromatic N) is 2. The van der Waals surface area contributed by atoms with E-state index in [0.29, 0.717) is 21.0 Å². The molecule has 1 amide bonds. The van der Waals surface area contributed by atoms with Gasteiger partial charge in [0.05, 0.1) is 27.2 Å². The number of amides is 1. The van der Waals surface area contributed by atoms with Crippen molar-refractivity contribution < 1.29 is 14.3 Å². The van der Waals surface area contributed by atoms with E-state index in [4.69, 9.17) is 4.74 Å². The van der Waals surface area contributed by atoms with Gasteiger partial charge >= 0.3 is 5.97 Å². The van der Waals surface area contributed by atoms with E-state index in [1.165, 1.54) is 17.3 Å². The monoisotopic (exact) mass is 507 g/mol. The Morgan fingerprint density at radius 3 is 2.62 bits per heavy atom. The Kier molecular flexibility index (Phi) is 7.08. The molecule has 9 heteroatoms. The van der Waals surface area contributed by atoms with Crippen LogP contribution in [0.15, 0.2) is 28.5 Å². The second-order valence-corrected chi connectivity index (χ2v) is 11.3. The van der Waals surface area contributed by atoms with Crippen LogP contribution in [0.25, 0.3) is 10.4 Å². The van der Waals surface area contributed by atoms with Crippen molar-refractivity contribution >= 4 is 51.3 Å². The molecule has 6 nitrogen and oxygen atoms in total. The zero-order valence-corrected chi connectivity index (χ0v) is 21.3. The fourth-order valence-electron chi connectivity index (χ4n) is 3.87. The van der Waals surface area contributed by atoms with Gasteiger partial charge < -0.3 is 10.1 Å². The molecule has 0 fully saturated rings. The maximum Gasteiger partial charge on any atom is 0.348 e. The number of hydrogen-bond donors (Lipinski definition) is 1. The Bertz CT molecular complexity index is 1370. The Morgan fingerprint density at radius 2 is 1.91 bits per heavy atom. The summed E-state index contributed by atoms with van der Waals surface area (Å²) in [5.41, 5.74) is 4.90. The number of anilines is 1. The van der Waals surface area contributed by atoms with Crippen LogP contribution < -0.4 is 5.32 Å². The molecule has 0 saturated carbocycles. The third-order valence-electron chi connectivity index (χ3n) is 5.60. The number of benzene rings is 1. The summed E-state index contributed by atoms with van der Waals surface area (Å²) in [6, 6.07) is 12.7. The van der Waals surface area contributed by atoms with E-state index in [2.05, 4.69) is 29.6 Å². The fourth-order valence-corrected chi connectivity index (χ4v) is 7.66. The molecule has 4 rings (SSSR count). The minimum Gasteiger partial charge on any atom is -0.462 e. The van der Waals surface area contributed by atoms with E-state index >= 15 is 0 Å². The van der Waals surface area contributed by atoms with E-state index in [-0.39, 0.29) is 18.1 Å². The van der Waals surface area contributed by atoms with E-state index in [9.17, 15) is 20.1 Å². The highest BCUT2D eigenvalue weighted by Gasteiger charge is 2.28. The summed E-state index contributed by atoms with van der Waals surface area (Å²) in [5, 5.41) is 22.1. The molecule has 1 aliphatic rings. The van der Waals surface area contributed by atoms with Crippen molar-refractivity contribution in [1.82, 2.24) is 0 Å². The summed E-state index contributed by atoms with van der Waals surface area (Å²) in [7, 11) is 0. The maximum absolute atomic E-state index is 13.0. The first-order valence-corrected chi connectivity index (χ1v) is 13.2. The van der Waals surface area contributed by atoms with Gasteiger partial charge in [-0.2, -0.15) is 10.5 Å². The Labute approximate surface area is 210 Å². The van der Waals surface area contributed by atoms with Gasteiger partial charge in [-0.3, -0.25) is 4.79 Å². The lowest BCUT2D eigenvalue weighted by atomic mass is 9.90. The first-order chi connectivity index (χ1) is 16.4. The summed E-state index contributed by atoms with van der Waals surface area (Å²) in [5.74, 6) is -0.804. The highest BCUT2D eigenvalue weighted by Crippen LogP contribution is 2.46. The van der Waals surface area contributed by atoms with Crippen LogP contribution in [0.2, 0.25) is 0 Å². The smallest absolute Gasteiger partial charge is 0.348 e. The normalized spacial score (nSPS) is 12.6.